The average Bonchev–Trinajstić information content (AvgIpc) is 3.09. The van der Waals surface area contributed by atoms with Crippen molar-refractivity contribution >= 4 is 34.2 Å². The Bertz CT molecular complexity index is 828. The van der Waals surface area contributed by atoms with E-state index in [9.17, 15) is 19.5 Å². The number of rotatable bonds is 6. The summed E-state index contributed by atoms with van der Waals surface area (Å²) >= 11 is 1.46. The van der Waals surface area contributed by atoms with Crippen molar-refractivity contribution in [2.24, 2.45) is 23.2 Å². The van der Waals surface area contributed by atoms with E-state index in [1.54, 1.807) is 0 Å². The van der Waals surface area contributed by atoms with Crippen molar-refractivity contribution in [1.82, 2.24) is 0 Å². The van der Waals surface area contributed by atoms with E-state index in [0.717, 1.165) is 49.0 Å². The quantitative estimate of drug-likeness (QED) is 0.620. The van der Waals surface area contributed by atoms with E-state index in [1.165, 1.54) is 18.4 Å². The van der Waals surface area contributed by atoms with Crippen LogP contribution in [0.1, 0.15) is 80.1 Å². The zero-order valence-corrected chi connectivity index (χ0v) is 19.2. The number of esters is 1. The number of amides is 1. The third-order valence-corrected chi connectivity index (χ3v) is 8.50. The van der Waals surface area contributed by atoms with Gasteiger partial charge in [0.15, 0.2) is 0 Å². The molecule has 166 valence electrons. The smallest absolute Gasteiger partial charge is 0.341 e. The summed E-state index contributed by atoms with van der Waals surface area (Å²) < 4.78 is 5.03. The molecule has 0 radical (unpaired) electrons. The Balaban J connectivity index is 1.89. The lowest BCUT2D eigenvalue weighted by Gasteiger charge is -2.36. The summed E-state index contributed by atoms with van der Waals surface area (Å²) in [4.78, 5) is 38.3. The van der Waals surface area contributed by atoms with Crippen LogP contribution in [0.5, 0.6) is 0 Å². The normalized spacial score (nSPS) is 24.1. The molecule has 1 amide bonds. The van der Waals surface area contributed by atoms with Gasteiger partial charge in [-0.1, -0.05) is 40.0 Å². The molecule has 30 heavy (non-hydrogen) atoms. The van der Waals surface area contributed by atoms with E-state index in [-0.39, 0.29) is 11.3 Å². The van der Waals surface area contributed by atoms with E-state index in [4.69, 9.17) is 4.74 Å². The first-order chi connectivity index (χ1) is 14.2. The van der Waals surface area contributed by atoms with Gasteiger partial charge in [0.05, 0.1) is 24.5 Å². The predicted molar refractivity (Wildman–Crippen MR) is 117 cm³/mol. The van der Waals surface area contributed by atoms with Crippen LogP contribution in [0.25, 0.3) is 0 Å². The number of fused-ring (bicyclic) bond motifs is 1. The highest BCUT2D eigenvalue weighted by Crippen LogP contribution is 2.46. The van der Waals surface area contributed by atoms with E-state index in [1.807, 2.05) is 0 Å². The van der Waals surface area contributed by atoms with Gasteiger partial charge in [-0.15, -0.1) is 11.3 Å². The highest BCUT2D eigenvalue weighted by atomic mass is 32.1. The molecule has 0 unspecified atom stereocenters. The molecule has 0 aliphatic heterocycles. The summed E-state index contributed by atoms with van der Waals surface area (Å²) in [5.74, 6) is -2.35. The SMILES string of the molecule is CCC(C)(C)[C@H]1CCc2c(sc(NC(=O)[C@H]3CCCC[C@@H]3C(=O)O)c2C(=O)OC)C1. The van der Waals surface area contributed by atoms with Gasteiger partial charge < -0.3 is 15.2 Å². The predicted octanol–water partition coefficient (Wildman–Crippen LogP) is 4.91. The van der Waals surface area contributed by atoms with Crippen LogP contribution in [0.3, 0.4) is 0 Å². The van der Waals surface area contributed by atoms with Crippen molar-refractivity contribution < 1.29 is 24.2 Å². The lowest BCUT2D eigenvalue weighted by Crippen LogP contribution is -2.36. The van der Waals surface area contributed by atoms with Gasteiger partial charge in [-0.2, -0.15) is 0 Å². The largest absolute Gasteiger partial charge is 0.481 e. The number of thiophene rings is 1. The van der Waals surface area contributed by atoms with E-state index in [2.05, 4.69) is 26.1 Å². The summed E-state index contributed by atoms with van der Waals surface area (Å²) in [6, 6.07) is 0. The standard InChI is InChI=1S/C23H33NO5S/c1-5-23(2,3)13-10-11-16-17(12-13)30-20(18(16)22(28)29-4)24-19(25)14-8-6-7-9-15(14)21(26)27/h13-15H,5-12H2,1-4H3,(H,24,25)(H,26,27)/t13-,14-,15-/m0/s1. The number of hydrogen-bond acceptors (Lipinski definition) is 5. The van der Waals surface area contributed by atoms with E-state index in [0.29, 0.717) is 29.3 Å². The fraction of sp³-hybridized carbons (Fsp3) is 0.696. The zero-order valence-electron chi connectivity index (χ0n) is 18.4. The topological polar surface area (TPSA) is 92.7 Å². The molecule has 7 heteroatoms. The lowest BCUT2D eigenvalue weighted by atomic mass is 9.69. The van der Waals surface area contributed by atoms with Gasteiger partial charge in [0.25, 0.3) is 0 Å². The number of carbonyl (C=O) groups is 3. The van der Waals surface area contributed by atoms with Gasteiger partial charge in [-0.25, -0.2) is 4.79 Å². The van der Waals surface area contributed by atoms with Gasteiger partial charge in [0, 0.05) is 4.88 Å². The van der Waals surface area contributed by atoms with Crippen LogP contribution in [-0.2, 0) is 27.2 Å². The first-order valence-electron chi connectivity index (χ1n) is 11.0. The fourth-order valence-electron chi connectivity index (χ4n) is 4.89. The van der Waals surface area contributed by atoms with Crippen molar-refractivity contribution in [1.29, 1.82) is 0 Å². The number of methoxy groups -OCH3 is 1. The minimum Gasteiger partial charge on any atom is -0.481 e. The number of ether oxygens (including phenoxy) is 1. The Labute approximate surface area is 182 Å². The maximum absolute atomic E-state index is 13.0. The molecule has 1 saturated carbocycles. The van der Waals surface area contributed by atoms with Crippen molar-refractivity contribution in [3.8, 4) is 0 Å². The zero-order chi connectivity index (χ0) is 22.1. The highest BCUT2D eigenvalue weighted by Gasteiger charge is 2.38. The lowest BCUT2D eigenvalue weighted by molar-refractivity contribution is -0.147. The summed E-state index contributed by atoms with van der Waals surface area (Å²) in [7, 11) is 1.35. The molecule has 0 aromatic carbocycles. The van der Waals surface area contributed by atoms with Crippen molar-refractivity contribution in [3.05, 3.63) is 16.0 Å². The molecule has 0 saturated heterocycles. The molecule has 2 N–H and O–H groups in total. The van der Waals surface area contributed by atoms with Crippen molar-refractivity contribution in [2.75, 3.05) is 12.4 Å². The molecule has 3 atom stereocenters. The molecule has 3 rings (SSSR count). The molecule has 1 aromatic rings. The molecule has 2 aliphatic carbocycles. The maximum atomic E-state index is 13.0. The summed E-state index contributed by atoms with van der Waals surface area (Å²) in [6.07, 6.45) is 6.54. The first kappa shape index (κ1) is 22.8. The van der Waals surface area contributed by atoms with Gasteiger partial charge in [0.1, 0.15) is 5.00 Å². The summed E-state index contributed by atoms with van der Waals surface area (Å²) in [5.41, 5.74) is 1.66. The third kappa shape index (κ3) is 4.41. The van der Waals surface area contributed by atoms with Crippen LogP contribution in [0.2, 0.25) is 0 Å². The molecular weight excluding hydrogens is 402 g/mol. The van der Waals surface area contributed by atoms with Gasteiger partial charge in [0.2, 0.25) is 5.91 Å². The van der Waals surface area contributed by atoms with Crippen LogP contribution in [0.4, 0.5) is 5.00 Å². The number of carbonyl (C=O) groups excluding carboxylic acids is 2. The second-order valence-electron chi connectivity index (χ2n) is 9.31. The summed E-state index contributed by atoms with van der Waals surface area (Å²) in [5, 5.41) is 13.0. The van der Waals surface area contributed by atoms with Crippen LogP contribution >= 0.6 is 11.3 Å². The maximum Gasteiger partial charge on any atom is 0.341 e. The van der Waals surface area contributed by atoms with Crippen LogP contribution in [0.15, 0.2) is 0 Å². The molecule has 0 spiro atoms. The van der Waals surface area contributed by atoms with E-state index >= 15 is 0 Å². The average molecular weight is 436 g/mol. The minimum atomic E-state index is -0.918. The first-order valence-corrected chi connectivity index (χ1v) is 11.8. The van der Waals surface area contributed by atoms with Crippen LogP contribution < -0.4 is 5.32 Å². The van der Waals surface area contributed by atoms with Crippen molar-refractivity contribution in [3.63, 3.8) is 0 Å². The van der Waals surface area contributed by atoms with Gasteiger partial charge in [-0.05, 0) is 49.0 Å². The Kier molecular flexibility index (Phi) is 6.90. The number of nitrogens with one attached hydrogen (secondary N) is 1. The molecular formula is C23H33NO5S. The molecule has 2 aliphatic rings. The summed E-state index contributed by atoms with van der Waals surface area (Å²) in [6.45, 7) is 6.78. The van der Waals surface area contributed by atoms with Gasteiger partial charge in [-0.3, -0.25) is 9.59 Å². The fourth-order valence-corrected chi connectivity index (χ4v) is 6.21. The Morgan fingerprint density at radius 1 is 1.17 bits per heavy atom. The Morgan fingerprint density at radius 2 is 1.83 bits per heavy atom. The molecule has 1 aromatic heterocycles. The monoisotopic (exact) mass is 435 g/mol. The molecule has 1 fully saturated rings. The second-order valence-corrected chi connectivity index (χ2v) is 10.4. The Hall–Kier alpha value is -1.89. The number of anilines is 1. The molecule has 0 bridgehead atoms. The number of carboxylic acids is 1. The van der Waals surface area contributed by atoms with Crippen molar-refractivity contribution in [2.45, 2.75) is 72.1 Å². The number of aliphatic carboxylic acids is 1. The molecule has 6 nitrogen and oxygen atoms in total. The van der Waals surface area contributed by atoms with E-state index < -0.39 is 23.8 Å². The minimum absolute atomic E-state index is 0.216. The highest BCUT2D eigenvalue weighted by molar-refractivity contribution is 7.17. The second kappa shape index (κ2) is 9.08. The molecule has 1 heterocycles. The van der Waals surface area contributed by atoms with Crippen LogP contribution in [0, 0.1) is 23.2 Å². The number of hydrogen-bond donors (Lipinski definition) is 2. The van der Waals surface area contributed by atoms with Crippen LogP contribution in [-0.4, -0.2) is 30.1 Å². The Morgan fingerprint density at radius 3 is 2.43 bits per heavy atom. The third-order valence-electron chi connectivity index (χ3n) is 7.33. The number of carboxylic acid groups (broad SMARTS) is 1. The van der Waals surface area contributed by atoms with Gasteiger partial charge >= 0.3 is 11.9 Å².